The van der Waals surface area contributed by atoms with Gasteiger partial charge in [-0.25, -0.2) is 14.4 Å². The van der Waals surface area contributed by atoms with Crippen molar-refractivity contribution in [3.8, 4) is 0 Å². The lowest BCUT2D eigenvalue weighted by atomic mass is 9.46. The molecule has 1 amide bonds. The summed E-state index contributed by atoms with van der Waals surface area (Å²) < 4.78 is 35.7. The van der Waals surface area contributed by atoms with E-state index in [9.17, 15) is 34.2 Å². The number of aliphatic hydroxyl groups is 2. The molecule has 3 N–H and O–H groups in total. The first-order chi connectivity index (χ1) is 28.0. The Bertz CT molecular complexity index is 2110. The quantitative estimate of drug-likeness (QED) is 0.179. The van der Waals surface area contributed by atoms with Crippen molar-refractivity contribution in [2.24, 2.45) is 16.7 Å². The summed E-state index contributed by atoms with van der Waals surface area (Å²) in [6.07, 6.45) is -6.15. The highest BCUT2D eigenvalue weighted by atomic mass is 16.6. The largest absolute Gasteiger partial charge is 0.456 e. The third kappa shape index (κ3) is 7.74. The molecule has 2 aromatic carbocycles. The van der Waals surface area contributed by atoms with Crippen molar-refractivity contribution < 1.29 is 67.4 Å². The fourth-order valence-electron chi connectivity index (χ4n) is 9.36. The molecule has 60 heavy (non-hydrogen) atoms. The number of esters is 4. The number of ether oxygens (including phenoxy) is 6. The molecule has 1 heterocycles. The zero-order chi connectivity index (χ0) is 44.2. The van der Waals surface area contributed by atoms with Crippen molar-refractivity contribution in [2.45, 2.75) is 122 Å². The minimum Gasteiger partial charge on any atom is -0.456 e. The number of carbonyl (C=O) groups excluding carboxylic acids is 6. The van der Waals surface area contributed by atoms with Gasteiger partial charge in [0.25, 0.3) is 0 Å². The standard InChI is InChI=1S/C45H53NO14/c1-24-29(57-39(52)33(49)32(27-16-12-10-13-17-27)46-40(53)60-41(4,5)6)22-45(54)37(58-38(51)28-18-14-11-15-19-28)35-43(9,21-20-30-44(35,23-55-30)59-26(3)48)36(50)34(56-25(2)47)31(24)42(45,7)8/h10-21,29-30,32-35,37,49,54H,22-23H2,1-9H3,(H,46,53)/t29-,30+,32-,33+,34+,35-,37-,43+,44-,45+/m0/s1. The van der Waals surface area contributed by atoms with E-state index in [2.05, 4.69) is 5.32 Å². The van der Waals surface area contributed by atoms with Gasteiger partial charge in [0.2, 0.25) is 0 Å². The Balaban J connectivity index is 1.52. The van der Waals surface area contributed by atoms with Crippen molar-refractivity contribution in [3.63, 3.8) is 0 Å². The van der Waals surface area contributed by atoms with Crippen LogP contribution in [0.15, 0.2) is 84.0 Å². The zero-order valence-electron chi connectivity index (χ0n) is 35.2. The van der Waals surface area contributed by atoms with Gasteiger partial charge in [-0.1, -0.05) is 74.5 Å². The van der Waals surface area contributed by atoms with Crippen molar-refractivity contribution in [2.75, 3.05) is 6.61 Å². The minimum atomic E-state index is -2.31. The molecule has 15 nitrogen and oxygen atoms in total. The number of hydrogen-bond acceptors (Lipinski definition) is 14. The molecule has 2 bridgehead atoms. The first kappa shape index (κ1) is 44.2. The molecule has 322 valence electrons. The maximum absolute atomic E-state index is 15.4. The van der Waals surface area contributed by atoms with E-state index in [1.165, 1.54) is 25.1 Å². The van der Waals surface area contributed by atoms with E-state index in [1.54, 1.807) is 103 Å². The molecule has 2 aromatic rings. The van der Waals surface area contributed by atoms with E-state index in [0.29, 0.717) is 5.56 Å². The average Bonchev–Trinajstić information content (AvgIpc) is 3.15. The number of ketones is 1. The number of nitrogens with one attached hydrogen (secondary N) is 1. The molecular weight excluding hydrogens is 778 g/mol. The predicted molar refractivity (Wildman–Crippen MR) is 212 cm³/mol. The molecule has 0 aromatic heterocycles. The van der Waals surface area contributed by atoms with Gasteiger partial charge in [0.05, 0.1) is 29.5 Å². The van der Waals surface area contributed by atoms with Gasteiger partial charge in [-0.3, -0.25) is 14.4 Å². The average molecular weight is 832 g/mol. The Labute approximate surface area is 348 Å². The summed E-state index contributed by atoms with van der Waals surface area (Å²) in [4.78, 5) is 82.6. The van der Waals surface area contributed by atoms with Gasteiger partial charge >= 0.3 is 30.0 Å². The first-order valence-electron chi connectivity index (χ1n) is 19.8. The Hall–Kier alpha value is -5.38. The summed E-state index contributed by atoms with van der Waals surface area (Å²) in [5.74, 6) is -5.75. The van der Waals surface area contributed by atoms with E-state index in [4.69, 9.17) is 28.4 Å². The van der Waals surface area contributed by atoms with Gasteiger partial charge in [-0.05, 0) is 63.5 Å². The smallest absolute Gasteiger partial charge is 0.408 e. The highest BCUT2D eigenvalue weighted by Crippen LogP contribution is 2.63. The molecule has 15 heteroatoms. The van der Waals surface area contributed by atoms with Crippen LogP contribution in [0.2, 0.25) is 0 Å². The molecule has 4 aliphatic rings. The molecule has 0 spiro atoms. The molecule has 3 aliphatic carbocycles. The van der Waals surface area contributed by atoms with Gasteiger partial charge in [0.1, 0.15) is 29.5 Å². The summed E-state index contributed by atoms with van der Waals surface area (Å²) in [5, 5.41) is 27.8. The Kier molecular flexibility index (Phi) is 11.7. The SMILES string of the molecule is CC(=O)O[C@H]1C(=O)[C@]2(C)C=C[C@H]3OC[C@@]3(OC(C)=O)[C@H]2[C@H](OC(=O)c2ccccc2)[C@]2(O)C[C@H](OC(=O)[C@H](O)[C@@H](NC(=O)OC(C)(C)C)c3ccccc3)C(C)=C1C2(C)C. The van der Waals surface area contributed by atoms with Crippen molar-refractivity contribution in [1.82, 2.24) is 5.32 Å². The molecule has 0 unspecified atom stereocenters. The lowest BCUT2D eigenvalue weighted by molar-refractivity contribution is -0.306. The van der Waals surface area contributed by atoms with Crippen molar-refractivity contribution >= 4 is 35.8 Å². The molecule has 1 saturated heterocycles. The molecule has 1 aliphatic heterocycles. The zero-order valence-corrected chi connectivity index (χ0v) is 35.2. The monoisotopic (exact) mass is 831 g/mol. The number of allylic oxidation sites excluding steroid dienone is 1. The maximum atomic E-state index is 15.4. The normalized spacial score (nSPS) is 31.3. The number of Topliss-reactive ketones (excluding diaryl/α,β-unsaturated/α-hetero) is 1. The Morgan fingerprint density at radius 2 is 1.52 bits per heavy atom. The van der Waals surface area contributed by atoms with Crippen LogP contribution in [-0.2, 0) is 47.6 Å². The fraction of sp³-hybridized carbons (Fsp3) is 0.511. The number of aliphatic hydroxyl groups excluding tert-OH is 1. The molecular formula is C45H53NO14. The molecule has 2 fully saturated rings. The highest BCUT2D eigenvalue weighted by Gasteiger charge is 2.75. The second-order valence-corrected chi connectivity index (χ2v) is 17.7. The Morgan fingerprint density at radius 1 is 0.900 bits per heavy atom. The Morgan fingerprint density at radius 3 is 2.07 bits per heavy atom. The lowest BCUT2D eigenvalue weighted by Gasteiger charge is -2.65. The second-order valence-electron chi connectivity index (χ2n) is 17.7. The van der Waals surface area contributed by atoms with Gasteiger partial charge in [0, 0.05) is 25.7 Å². The van der Waals surface area contributed by atoms with Crippen LogP contribution in [0.5, 0.6) is 0 Å². The minimum absolute atomic E-state index is 0.0672. The molecule has 0 radical (unpaired) electrons. The number of alkyl carbamates (subject to hydrolysis) is 1. The van der Waals surface area contributed by atoms with Crippen LogP contribution < -0.4 is 5.32 Å². The van der Waals surface area contributed by atoms with Crippen LogP contribution in [-0.4, -0.2) is 99.9 Å². The summed E-state index contributed by atoms with van der Waals surface area (Å²) in [5.41, 5.74) is -7.52. The fourth-order valence-corrected chi connectivity index (χ4v) is 9.36. The third-order valence-electron chi connectivity index (χ3n) is 12.2. The van der Waals surface area contributed by atoms with E-state index >= 15 is 4.79 Å². The number of amides is 1. The van der Waals surface area contributed by atoms with E-state index in [0.717, 1.165) is 6.92 Å². The number of benzene rings is 2. The molecule has 6 rings (SSSR count). The highest BCUT2D eigenvalue weighted by molar-refractivity contribution is 5.96. The molecule has 1 saturated carbocycles. The van der Waals surface area contributed by atoms with Crippen LogP contribution in [0.4, 0.5) is 4.79 Å². The lowest BCUT2D eigenvalue weighted by Crippen LogP contribution is -2.78. The van der Waals surface area contributed by atoms with Crippen molar-refractivity contribution in [1.29, 1.82) is 0 Å². The van der Waals surface area contributed by atoms with Crippen LogP contribution >= 0.6 is 0 Å². The van der Waals surface area contributed by atoms with Gasteiger partial charge < -0.3 is 44.0 Å². The van der Waals surface area contributed by atoms with Gasteiger partial charge in [0.15, 0.2) is 23.6 Å². The number of rotatable bonds is 9. The maximum Gasteiger partial charge on any atom is 0.408 e. The van der Waals surface area contributed by atoms with Crippen molar-refractivity contribution in [3.05, 3.63) is 95.1 Å². The summed E-state index contributed by atoms with van der Waals surface area (Å²) in [6.45, 7) is 13.3. The molecule has 10 atom stereocenters. The van der Waals surface area contributed by atoms with Gasteiger partial charge in [-0.2, -0.15) is 0 Å². The van der Waals surface area contributed by atoms with E-state index < -0.39 is 112 Å². The van der Waals surface area contributed by atoms with E-state index in [1.807, 2.05) is 0 Å². The summed E-state index contributed by atoms with van der Waals surface area (Å²) in [6, 6.07) is 14.8. The number of carbonyl (C=O) groups is 6. The topological polar surface area (TPSA) is 210 Å². The third-order valence-corrected chi connectivity index (χ3v) is 12.2. The van der Waals surface area contributed by atoms with Crippen LogP contribution in [0.1, 0.15) is 90.7 Å². The second kappa shape index (κ2) is 15.9. The van der Waals surface area contributed by atoms with Gasteiger partial charge in [-0.15, -0.1) is 0 Å². The van der Waals surface area contributed by atoms with Crippen LogP contribution in [0.3, 0.4) is 0 Å². The first-order valence-corrected chi connectivity index (χ1v) is 19.8. The number of fused-ring (bicyclic) bond motifs is 5. The van der Waals surface area contributed by atoms with Crippen LogP contribution in [0.25, 0.3) is 0 Å². The predicted octanol–water partition coefficient (Wildman–Crippen LogP) is 4.64. The van der Waals surface area contributed by atoms with Crippen LogP contribution in [0, 0.1) is 16.7 Å². The summed E-state index contributed by atoms with van der Waals surface area (Å²) in [7, 11) is 0. The summed E-state index contributed by atoms with van der Waals surface area (Å²) >= 11 is 0. The number of hydrogen-bond donors (Lipinski definition) is 3. The van der Waals surface area contributed by atoms with E-state index in [-0.39, 0.29) is 23.3 Å².